The van der Waals surface area contributed by atoms with Gasteiger partial charge in [0.05, 0.1) is 95.5 Å². The Balaban J connectivity index is 0.762. The number of pyridine rings is 1. The zero-order valence-electron chi connectivity index (χ0n) is 48.5. The Hall–Kier alpha value is -7.05. The van der Waals surface area contributed by atoms with Crippen molar-refractivity contribution >= 4 is 46.9 Å². The molecule has 2 aromatic carbocycles. The first kappa shape index (κ1) is 62.5. The summed E-state index contributed by atoms with van der Waals surface area (Å²) in [5.41, 5.74) is 10.7. The minimum absolute atomic E-state index is 0.0595. The summed E-state index contributed by atoms with van der Waals surface area (Å²) in [7, 11) is 3.37. The Morgan fingerprint density at radius 1 is 0.878 bits per heavy atom. The van der Waals surface area contributed by atoms with Crippen LogP contribution in [0.25, 0.3) is 11.1 Å². The lowest BCUT2D eigenvalue weighted by Gasteiger charge is -2.36. The maximum Gasteiger partial charge on any atom is 0.254 e. The number of halogens is 1. The van der Waals surface area contributed by atoms with Crippen molar-refractivity contribution in [1.82, 2.24) is 51.1 Å². The van der Waals surface area contributed by atoms with Crippen LogP contribution in [-0.4, -0.2) is 171 Å². The van der Waals surface area contributed by atoms with Crippen LogP contribution in [0.3, 0.4) is 0 Å². The molecule has 7 N–H and O–H groups in total. The van der Waals surface area contributed by atoms with Crippen molar-refractivity contribution in [2.24, 2.45) is 5.41 Å². The van der Waals surface area contributed by atoms with E-state index < -0.39 is 41.3 Å². The number of fused-ring (bicyclic) bond motifs is 8. The fourth-order valence-corrected chi connectivity index (χ4v) is 10.5. The molecule has 2 aromatic heterocycles. The topological polar surface area (TPSA) is 266 Å². The number of hydrogen-bond acceptors (Lipinski definition) is 15. The first-order valence-corrected chi connectivity index (χ1v) is 28.5. The van der Waals surface area contributed by atoms with Crippen molar-refractivity contribution in [1.29, 1.82) is 0 Å². The average molecular weight is 1140 g/mol. The number of nitrogens with zero attached hydrogens (tertiary/aromatic N) is 6. The van der Waals surface area contributed by atoms with E-state index in [9.17, 15) is 33.2 Å². The fraction of sp³-hybridized carbons (Fsp3) is 0.559. The lowest BCUT2D eigenvalue weighted by atomic mass is 9.85. The molecular weight excluding hydrogens is 1060 g/mol. The van der Waals surface area contributed by atoms with Crippen molar-refractivity contribution in [3.63, 3.8) is 0 Å². The van der Waals surface area contributed by atoms with Crippen LogP contribution < -0.4 is 37.2 Å². The molecule has 6 atom stereocenters. The molecular formula is C59H83FN12O10. The molecule has 4 aromatic rings. The summed E-state index contributed by atoms with van der Waals surface area (Å²) < 4.78 is 38.9. The highest BCUT2D eigenvalue weighted by molar-refractivity contribution is 5.96. The van der Waals surface area contributed by atoms with Crippen molar-refractivity contribution in [2.45, 2.75) is 122 Å². The number of benzene rings is 2. The van der Waals surface area contributed by atoms with Gasteiger partial charge >= 0.3 is 0 Å². The summed E-state index contributed by atoms with van der Waals surface area (Å²) in [6.07, 6.45) is 6.20. The number of rotatable bonds is 27. The van der Waals surface area contributed by atoms with Crippen LogP contribution >= 0.6 is 0 Å². The van der Waals surface area contributed by atoms with Gasteiger partial charge in [0.1, 0.15) is 23.7 Å². The molecule has 5 heterocycles. The zero-order chi connectivity index (χ0) is 58.9. The van der Waals surface area contributed by atoms with E-state index in [0.717, 1.165) is 35.2 Å². The number of anilines is 2. The van der Waals surface area contributed by atoms with Gasteiger partial charge in [0.15, 0.2) is 0 Å². The van der Waals surface area contributed by atoms with Gasteiger partial charge in [-0.2, -0.15) is 5.10 Å². The summed E-state index contributed by atoms with van der Waals surface area (Å²) in [5, 5.41) is 19.7. The molecule has 0 saturated carbocycles. The zero-order valence-corrected chi connectivity index (χ0v) is 48.5. The standard InChI is InChI=1S/C59H83FN12O10/c1-8-46(39-13-10-9-11-14-39)66-56(76)50-33-42(35-72(50)58(78)53(59(3,4)5)67-55(75)38(2)62-6)65-52(74)19-24-80-26-28-82-30-29-81-27-25-79-23-18-51(73)63-20-22-70-36-45-40-31-49(54(61)64-34-40)71-21-12-15-48(71)44-32-41(60)16-17-43(44)57(77)69(7)37-47(45)68-70/h9-11,13-14,16-17,31-32,34,36,38,42,46,48,50,53,62H,8,12,15,18-30,33,35,37H2,1-7H3,(H2,61,64)(H,63,73)(H,65,74)(H,66,76)(H,67,75)/t38-,42-,46+,48-,50-,53?/m1/s1. The summed E-state index contributed by atoms with van der Waals surface area (Å²) in [6, 6.07) is 12.5. The third-order valence-corrected chi connectivity index (χ3v) is 15.1. The third kappa shape index (κ3) is 16.8. The van der Waals surface area contributed by atoms with Crippen molar-refractivity contribution in [2.75, 3.05) is 97.2 Å². The van der Waals surface area contributed by atoms with Crippen LogP contribution in [0.5, 0.6) is 0 Å². The Morgan fingerprint density at radius 2 is 1.55 bits per heavy atom. The number of amides is 6. The number of nitrogens with one attached hydrogen (secondary N) is 5. The van der Waals surface area contributed by atoms with Crippen molar-refractivity contribution in [3.05, 3.63) is 95.2 Å². The van der Waals surface area contributed by atoms with E-state index in [1.807, 2.05) is 70.3 Å². The van der Waals surface area contributed by atoms with E-state index in [4.69, 9.17) is 29.8 Å². The lowest BCUT2D eigenvalue weighted by Crippen LogP contribution is -2.59. The van der Waals surface area contributed by atoms with Gasteiger partial charge in [-0.15, -0.1) is 0 Å². The first-order valence-electron chi connectivity index (χ1n) is 28.5. The Kier molecular flexibility index (Phi) is 22.7. The van der Waals surface area contributed by atoms with Crippen molar-refractivity contribution in [3.8, 4) is 11.1 Å². The number of ether oxygens (including phenoxy) is 4. The summed E-state index contributed by atoms with van der Waals surface area (Å²) in [4.78, 5) is 90.8. The van der Waals surface area contributed by atoms with E-state index in [1.165, 1.54) is 17.0 Å². The predicted molar refractivity (Wildman–Crippen MR) is 306 cm³/mol. The largest absolute Gasteiger partial charge is 0.382 e. The molecule has 0 aliphatic carbocycles. The van der Waals surface area contributed by atoms with Crippen LogP contribution in [0.2, 0.25) is 0 Å². The maximum atomic E-state index is 14.7. The second-order valence-corrected chi connectivity index (χ2v) is 22.1. The smallest absolute Gasteiger partial charge is 0.254 e. The predicted octanol–water partition coefficient (Wildman–Crippen LogP) is 4.05. The second kappa shape index (κ2) is 29.8. The molecule has 3 aliphatic rings. The molecule has 82 heavy (non-hydrogen) atoms. The average Bonchev–Trinajstić information content (AvgIpc) is 4.41. The molecule has 0 spiro atoms. The Labute approximate surface area is 480 Å². The van der Waals surface area contributed by atoms with E-state index >= 15 is 0 Å². The van der Waals surface area contributed by atoms with Gasteiger partial charge in [-0.25, -0.2) is 9.37 Å². The molecule has 23 heteroatoms. The summed E-state index contributed by atoms with van der Waals surface area (Å²) >= 11 is 0. The van der Waals surface area contributed by atoms with Gasteiger partial charge in [0, 0.05) is 74.6 Å². The molecule has 7 rings (SSSR count). The second-order valence-electron chi connectivity index (χ2n) is 22.1. The molecule has 3 aliphatic heterocycles. The lowest BCUT2D eigenvalue weighted by molar-refractivity contribution is -0.144. The molecule has 22 nitrogen and oxygen atoms in total. The van der Waals surface area contributed by atoms with Gasteiger partial charge in [-0.1, -0.05) is 58.0 Å². The normalized spacial score (nSPS) is 18.1. The quantitative estimate of drug-likeness (QED) is 0.0460. The molecule has 6 amide bonds. The van der Waals surface area contributed by atoms with Gasteiger partial charge < -0.3 is 66.0 Å². The number of nitrogens with two attached hydrogens (primary N) is 1. The number of aromatic nitrogens is 3. The summed E-state index contributed by atoms with van der Waals surface area (Å²) in [5.74, 6) is -1.85. The van der Waals surface area contributed by atoms with Crippen LogP contribution in [0.1, 0.15) is 112 Å². The minimum atomic E-state index is -0.931. The fourth-order valence-electron chi connectivity index (χ4n) is 10.5. The minimum Gasteiger partial charge on any atom is -0.382 e. The van der Waals surface area contributed by atoms with Crippen LogP contribution in [-0.2, 0) is 56.0 Å². The monoisotopic (exact) mass is 1140 g/mol. The molecule has 2 saturated heterocycles. The highest BCUT2D eigenvalue weighted by atomic mass is 19.1. The molecule has 1 unspecified atom stereocenters. The van der Waals surface area contributed by atoms with Gasteiger partial charge in [0.25, 0.3) is 5.91 Å². The van der Waals surface area contributed by atoms with Crippen LogP contribution in [0.4, 0.5) is 15.9 Å². The van der Waals surface area contributed by atoms with E-state index in [1.54, 1.807) is 42.9 Å². The SMILES string of the molecule is CC[C@H](NC(=O)[C@H]1C[C@@H](NC(=O)CCOCCOCCOCCOCCC(=O)NCCn2cc3c(n2)CN(C)C(=O)c2ccc(F)cc2[C@H]2CCCN2c2cc-3cnc2N)CN1C(=O)C(NC(=O)[C@@H](C)NC)C(C)(C)C)c1ccccc1. The number of carbonyl (C=O) groups is 6. The number of likely N-dealkylation sites (tertiary alicyclic amines) is 1. The van der Waals surface area contributed by atoms with E-state index in [-0.39, 0.29) is 100 Å². The number of carbonyl (C=O) groups excluding carboxylic acids is 6. The highest BCUT2D eigenvalue weighted by Gasteiger charge is 2.46. The molecule has 2 fully saturated rings. The van der Waals surface area contributed by atoms with Gasteiger partial charge in [0.2, 0.25) is 29.5 Å². The Morgan fingerprint density at radius 3 is 2.21 bits per heavy atom. The van der Waals surface area contributed by atoms with E-state index in [0.29, 0.717) is 75.1 Å². The van der Waals surface area contributed by atoms with Gasteiger partial charge in [-0.3, -0.25) is 33.4 Å². The maximum absolute atomic E-state index is 14.7. The number of hydrogen-bond donors (Lipinski definition) is 6. The van der Waals surface area contributed by atoms with E-state index in [2.05, 4.69) is 36.5 Å². The van der Waals surface area contributed by atoms with Crippen molar-refractivity contribution < 1.29 is 52.1 Å². The number of nitrogen functional groups attached to an aromatic ring is 1. The summed E-state index contributed by atoms with van der Waals surface area (Å²) in [6.45, 7) is 13.0. The van der Waals surface area contributed by atoms with Gasteiger partial charge in [-0.05, 0) is 80.5 Å². The highest BCUT2D eigenvalue weighted by Crippen LogP contribution is 2.42. The Bertz CT molecular complexity index is 2810. The third-order valence-electron chi connectivity index (χ3n) is 15.1. The molecule has 446 valence electrons. The van der Waals surface area contributed by atoms with Crippen LogP contribution in [0, 0.1) is 11.2 Å². The number of likely N-dealkylation sites (N-methyl/N-ethyl adjacent to an activating group) is 1. The van der Waals surface area contributed by atoms with Crippen LogP contribution in [0.15, 0.2) is 67.0 Å². The molecule has 2 bridgehead atoms. The first-order chi connectivity index (χ1) is 39.4. The molecule has 0 radical (unpaired) electrons.